The highest BCUT2D eigenvalue weighted by Crippen LogP contribution is 2.36. The second-order valence-electron chi connectivity index (χ2n) is 6.22. The van der Waals surface area contributed by atoms with Gasteiger partial charge in [0.1, 0.15) is 0 Å². The Hall–Kier alpha value is -0.610. The van der Waals surface area contributed by atoms with E-state index in [0.717, 1.165) is 51.9 Å². The van der Waals surface area contributed by atoms with Gasteiger partial charge >= 0.3 is 0 Å². The molecule has 2 heterocycles. The van der Waals surface area contributed by atoms with Crippen molar-refractivity contribution in [1.29, 1.82) is 0 Å². The number of hydrogen-bond acceptors (Lipinski definition) is 3. The smallest absolute Gasteiger partial charge is 0.229 e. The molecule has 2 atom stereocenters. The Kier molecular flexibility index (Phi) is 3.32. The van der Waals surface area contributed by atoms with Crippen molar-refractivity contribution in [3.8, 4) is 0 Å². The highest BCUT2D eigenvalue weighted by molar-refractivity contribution is 5.83. The topological polar surface area (TPSA) is 41.6 Å². The maximum Gasteiger partial charge on any atom is 0.229 e. The number of hydrogen-bond donors (Lipinski definition) is 1. The summed E-state index contributed by atoms with van der Waals surface area (Å²) in [7, 11) is 0. The molecule has 0 radical (unpaired) electrons. The molecular weight excluding hydrogens is 228 g/mol. The fraction of sp³-hybridized carbons (Fsp3) is 0.929. The zero-order chi connectivity index (χ0) is 12.6. The highest BCUT2D eigenvalue weighted by atomic mass is 16.5. The van der Waals surface area contributed by atoms with Gasteiger partial charge in [-0.2, -0.15) is 0 Å². The molecule has 0 spiro atoms. The lowest BCUT2D eigenvalue weighted by Gasteiger charge is -2.43. The summed E-state index contributed by atoms with van der Waals surface area (Å²) in [6, 6.07) is 0.359. The van der Waals surface area contributed by atoms with Crippen LogP contribution >= 0.6 is 0 Å². The molecule has 1 amide bonds. The van der Waals surface area contributed by atoms with E-state index >= 15 is 0 Å². The lowest BCUT2D eigenvalue weighted by atomic mass is 9.79. The molecule has 18 heavy (non-hydrogen) atoms. The fourth-order valence-corrected chi connectivity index (χ4v) is 3.72. The van der Waals surface area contributed by atoms with Crippen LogP contribution < -0.4 is 5.32 Å². The standard InChI is InChI=1S/C14H24N2O2/c1-14(5-7-15-8-6-14)13(17)16-9-10-18-12-4-2-3-11(12)16/h11-12,15H,2-10H2,1H3. The molecular formula is C14H24N2O2. The Morgan fingerprint density at radius 2 is 2.11 bits per heavy atom. The third-order valence-electron chi connectivity index (χ3n) is 4.97. The van der Waals surface area contributed by atoms with E-state index in [1.165, 1.54) is 6.42 Å². The van der Waals surface area contributed by atoms with Gasteiger partial charge in [0.05, 0.1) is 18.8 Å². The molecule has 4 heteroatoms. The quantitative estimate of drug-likeness (QED) is 0.761. The predicted molar refractivity (Wildman–Crippen MR) is 69.3 cm³/mol. The zero-order valence-electron chi connectivity index (χ0n) is 11.3. The number of ether oxygens (including phenoxy) is 1. The Labute approximate surface area is 109 Å². The predicted octanol–water partition coefficient (Wildman–Crippen LogP) is 1.16. The van der Waals surface area contributed by atoms with Crippen LogP contribution in [0.2, 0.25) is 0 Å². The van der Waals surface area contributed by atoms with Gasteiger partial charge in [0.25, 0.3) is 0 Å². The first-order chi connectivity index (χ1) is 8.71. The lowest BCUT2D eigenvalue weighted by Crippen LogP contribution is -2.56. The summed E-state index contributed by atoms with van der Waals surface area (Å²) in [6.45, 7) is 5.61. The van der Waals surface area contributed by atoms with Crippen molar-refractivity contribution in [3.63, 3.8) is 0 Å². The molecule has 0 aromatic heterocycles. The summed E-state index contributed by atoms with van der Waals surface area (Å²) in [5.41, 5.74) is -0.143. The third-order valence-corrected chi connectivity index (χ3v) is 4.97. The summed E-state index contributed by atoms with van der Waals surface area (Å²) < 4.78 is 5.80. The molecule has 102 valence electrons. The molecule has 1 aliphatic carbocycles. The van der Waals surface area contributed by atoms with Gasteiger partial charge < -0.3 is 15.0 Å². The second kappa shape index (κ2) is 4.82. The zero-order valence-corrected chi connectivity index (χ0v) is 11.3. The van der Waals surface area contributed by atoms with Crippen LogP contribution in [0.1, 0.15) is 39.0 Å². The Morgan fingerprint density at radius 3 is 2.89 bits per heavy atom. The number of nitrogens with zero attached hydrogens (tertiary/aromatic N) is 1. The van der Waals surface area contributed by atoms with E-state index in [4.69, 9.17) is 4.74 Å². The summed E-state index contributed by atoms with van der Waals surface area (Å²) in [5.74, 6) is 0.379. The third kappa shape index (κ3) is 2.05. The summed E-state index contributed by atoms with van der Waals surface area (Å²) in [6.07, 6.45) is 5.73. The molecule has 3 aliphatic rings. The molecule has 2 saturated heterocycles. The summed E-state index contributed by atoms with van der Waals surface area (Å²) in [4.78, 5) is 15.0. The van der Waals surface area contributed by atoms with E-state index in [2.05, 4.69) is 17.1 Å². The van der Waals surface area contributed by atoms with Crippen molar-refractivity contribution in [2.45, 2.75) is 51.2 Å². The number of fused-ring (bicyclic) bond motifs is 1. The van der Waals surface area contributed by atoms with E-state index in [9.17, 15) is 4.79 Å². The summed E-state index contributed by atoms with van der Waals surface area (Å²) >= 11 is 0. The first-order valence-corrected chi connectivity index (χ1v) is 7.34. The van der Waals surface area contributed by atoms with E-state index in [0.29, 0.717) is 18.1 Å². The van der Waals surface area contributed by atoms with Gasteiger partial charge in [0, 0.05) is 12.0 Å². The number of morpholine rings is 1. The molecule has 3 rings (SSSR count). The summed E-state index contributed by atoms with van der Waals surface area (Å²) in [5, 5.41) is 3.35. The molecule has 0 bridgehead atoms. The number of rotatable bonds is 1. The molecule has 2 aliphatic heterocycles. The van der Waals surface area contributed by atoms with Crippen LogP contribution in [0.3, 0.4) is 0 Å². The molecule has 3 fully saturated rings. The van der Waals surface area contributed by atoms with Crippen molar-refractivity contribution in [1.82, 2.24) is 10.2 Å². The number of carbonyl (C=O) groups is 1. The number of amides is 1. The SMILES string of the molecule is CC1(C(=O)N2CCOC3CCCC32)CCNCC1. The first-order valence-electron chi connectivity index (χ1n) is 7.34. The van der Waals surface area contributed by atoms with Crippen molar-refractivity contribution in [2.24, 2.45) is 5.41 Å². The maximum absolute atomic E-state index is 12.9. The van der Waals surface area contributed by atoms with Gasteiger partial charge in [-0.1, -0.05) is 6.92 Å². The lowest BCUT2D eigenvalue weighted by molar-refractivity contribution is -0.155. The second-order valence-corrected chi connectivity index (χ2v) is 6.22. The molecule has 2 unspecified atom stereocenters. The Bertz CT molecular complexity index is 326. The van der Waals surface area contributed by atoms with Crippen molar-refractivity contribution >= 4 is 5.91 Å². The van der Waals surface area contributed by atoms with E-state index in [1.54, 1.807) is 0 Å². The van der Waals surface area contributed by atoms with Gasteiger partial charge in [0.15, 0.2) is 0 Å². The van der Waals surface area contributed by atoms with Crippen molar-refractivity contribution < 1.29 is 9.53 Å². The molecule has 0 aromatic carbocycles. The highest BCUT2D eigenvalue weighted by Gasteiger charge is 2.44. The number of carbonyl (C=O) groups excluding carboxylic acids is 1. The fourth-order valence-electron chi connectivity index (χ4n) is 3.72. The minimum absolute atomic E-state index is 0.143. The number of nitrogens with one attached hydrogen (secondary N) is 1. The van der Waals surface area contributed by atoms with Crippen molar-refractivity contribution in [3.05, 3.63) is 0 Å². The monoisotopic (exact) mass is 252 g/mol. The van der Waals surface area contributed by atoms with Gasteiger partial charge in [-0.3, -0.25) is 4.79 Å². The molecule has 1 N–H and O–H groups in total. The minimum atomic E-state index is -0.143. The van der Waals surface area contributed by atoms with E-state index in [-0.39, 0.29) is 5.41 Å². The molecule has 0 aromatic rings. The maximum atomic E-state index is 12.9. The van der Waals surface area contributed by atoms with Crippen LogP contribution in [0.15, 0.2) is 0 Å². The normalized spacial score (nSPS) is 35.3. The van der Waals surface area contributed by atoms with Crippen LogP contribution in [0, 0.1) is 5.41 Å². The first kappa shape index (κ1) is 12.4. The van der Waals surface area contributed by atoms with Crippen LogP contribution in [-0.2, 0) is 9.53 Å². The van der Waals surface area contributed by atoms with Gasteiger partial charge in [-0.15, -0.1) is 0 Å². The minimum Gasteiger partial charge on any atom is -0.374 e. The largest absolute Gasteiger partial charge is 0.374 e. The van der Waals surface area contributed by atoms with Gasteiger partial charge in [0.2, 0.25) is 5.91 Å². The Morgan fingerprint density at radius 1 is 1.33 bits per heavy atom. The Balaban J connectivity index is 1.74. The van der Waals surface area contributed by atoms with E-state index < -0.39 is 0 Å². The van der Waals surface area contributed by atoms with Gasteiger partial charge in [-0.25, -0.2) is 0 Å². The average molecular weight is 252 g/mol. The van der Waals surface area contributed by atoms with Crippen molar-refractivity contribution in [2.75, 3.05) is 26.2 Å². The molecule has 1 saturated carbocycles. The van der Waals surface area contributed by atoms with Crippen LogP contribution in [-0.4, -0.2) is 49.2 Å². The van der Waals surface area contributed by atoms with Gasteiger partial charge in [-0.05, 0) is 45.2 Å². The van der Waals surface area contributed by atoms with Crippen LogP contribution in [0.4, 0.5) is 0 Å². The molecule has 4 nitrogen and oxygen atoms in total. The average Bonchev–Trinajstić information content (AvgIpc) is 2.87. The van der Waals surface area contributed by atoms with Crippen LogP contribution in [0.5, 0.6) is 0 Å². The van der Waals surface area contributed by atoms with Crippen LogP contribution in [0.25, 0.3) is 0 Å². The van der Waals surface area contributed by atoms with E-state index in [1.807, 2.05) is 0 Å². The number of piperidine rings is 1.